The second kappa shape index (κ2) is 9.37. The number of nitrogens with zero attached hydrogens (tertiary/aromatic N) is 3. The Hall–Kier alpha value is -4.39. The number of aromatic nitrogens is 1. The first-order chi connectivity index (χ1) is 19.1. The maximum absolute atomic E-state index is 13.5. The Kier molecular flexibility index (Phi) is 6.06. The van der Waals surface area contributed by atoms with Crippen LogP contribution in [0.2, 0.25) is 0 Å². The minimum atomic E-state index is -1.19. The van der Waals surface area contributed by atoms with Crippen LogP contribution in [0.4, 0.5) is 0 Å². The third kappa shape index (κ3) is 3.99. The average Bonchev–Trinajstić information content (AvgIpc) is 3.43. The van der Waals surface area contributed by atoms with E-state index in [9.17, 15) is 14.7 Å². The van der Waals surface area contributed by atoms with Crippen LogP contribution in [-0.4, -0.2) is 88.3 Å². The Balaban J connectivity index is 1.23. The number of benzene rings is 1. The molecule has 1 saturated heterocycles. The SMILES string of the molecule is CC1(C)CCOc2c(C(=O)NC3CN4C(N)=N[C@@H](CNC(=O)c5cccnc5)[C@@H]5[NH+]=C(N)NC54[C@@H]3O)cccc21. The number of amides is 2. The monoisotopic (exact) mass is 548 g/mol. The number of aliphatic imine (C=N–C) groups is 1. The van der Waals surface area contributed by atoms with Crippen LogP contribution in [-0.2, 0) is 5.41 Å². The van der Waals surface area contributed by atoms with Crippen molar-refractivity contribution in [2.75, 3.05) is 19.7 Å². The number of fused-ring (bicyclic) bond motifs is 1. The first-order valence-corrected chi connectivity index (χ1v) is 13.3. The fourth-order valence-electron chi connectivity index (χ4n) is 6.28. The number of aliphatic hydroxyl groups is 1. The first-order valence-electron chi connectivity index (χ1n) is 13.3. The Bertz CT molecular complexity index is 1410. The largest absolute Gasteiger partial charge is 0.492 e. The van der Waals surface area contributed by atoms with E-state index in [0.29, 0.717) is 23.5 Å². The van der Waals surface area contributed by atoms with Gasteiger partial charge in [-0.3, -0.25) is 25.3 Å². The predicted molar refractivity (Wildman–Crippen MR) is 145 cm³/mol. The third-order valence-corrected chi connectivity index (χ3v) is 8.41. The minimum absolute atomic E-state index is 0.122. The van der Waals surface area contributed by atoms with E-state index in [1.54, 1.807) is 29.3 Å². The van der Waals surface area contributed by atoms with Gasteiger partial charge in [-0.2, -0.15) is 0 Å². The molecule has 40 heavy (non-hydrogen) atoms. The van der Waals surface area contributed by atoms with E-state index in [2.05, 4.69) is 44.8 Å². The molecule has 5 heterocycles. The average molecular weight is 549 g/mol. The highest BCUT2D eigenvalue weighted by Gasteiger charge is 2.68. The second-order valence-corrected chi connectivity index (χ2v) is 11.3. The summed E-state index contributed by atoms with van der Waals surface area (Å²) >= 11 is 0. The fourth-order valence-corrected chi connectivity index (χ4v) is 6.28. The molecule has 0 bridgehead atoms. The van der Waals surface area contributed by atoms with Gasteiger partial charge in [-0.15, -0.1) is 0 Å². The fraction of sp³-hybridized carbons (Fsp3) is 0.444. The number of para-hydroxylation sites is 1. The molecule has 0 saturated carbocycles. The van der Waals surface area contributed by atoms with E-state index in [1.807, 2.05) is 12.1 Å². The van der Waals surface area contributed by atoms with Crippen molar-refractivity contribution in [2.45, 2.75) is 55.6 Å². The molecule has 2 unspecified atom stereocenters. The number of carbonyl (C=O) groups excluding carboxylic acids is 2. The molecule has 2 aromatic rings. The summed E-state index contributed by atoms with van der Waals surface area (Å²) in [5.74, 6) is 0.308. The summed E-state index contributed by atoms with van der Waals surface area (Å²) in [6.07, 6.45) is 2.79. The van der Waals surface area contributed by atoms with Gasteiger partial charge in [-0.05, 0) is 30.0 Å². The van der Waals surface area contributed by atoms with Crippen molar-refractivity contribution in [3.8, 4) is 5.75 Å². The molecule has 6 rings (SSSR count). The number of hydrogen-bond acceptors (Lipinski definition) is 10. The molecule has 9 N–H and O–H groups in total. The lowest BCUT2D eigenvalue weighted by atomic mass is 9.79. The van der Waals surface area contributed by atoms with E-state index in [0.717, 1.165) is 12.0 Å². The Morgan fingerprint density at radius 2 is 2.08 bits per heavy atom. The normalized spacial score (nSPS) is 29.5. The Morgan fingerprint density at radius 3 is 2.85 bits per heavy atom. The van der Waals surface area contributed by atoms with Crippen molar-refractivity contribution in [3.05, 3.63) is 59.4 Å². The highest BCUT2D eigenvalue weighted by Crippen LogP contribution is 2.41. The van der Waals surface area contributed by atoms with Gasteiger partial charge in [0.05, 0.1) is 23.8 Å². The van der Waals surface area contributed by atoms with Crippen LogP contribution in [0.3, 0.4) is 0 Å². The van der Waals surface area contributed by atoms with Crippen molar-refractivity contribution in [1.29, 1.82) is 0 Å². The third-order valence-electron chi connectivity index (χ3n) is 8.41. The molecule has 5 atom stereocenters. The molecule has 1 aromatic heterocycles. The van der Waals surface area contributed by atoms with Gasteiger partial charge in [-0.1, -0.05) is 26.0 Å². The molecule has 1 aromatic carbocycles. The van der Waals surface area contributed by atoms with Crippen molar-refractivity contribution in [1.82, 2.24) is 25.8 Å². The number of nitrogens with one attached hydrogen (secondary N) is 4. The lowest BCUT2D eigenvalue weighted by molar-refractivity contribution is -0.513. The zero-order valence-corrected chi connectivity index (χ0v) is 22.3. The van der Waals surface area contributed by atoms with Crippen molar-refractivity contribution in [3.63, 3.8) is 0 Å². The number of carbonyl (C=O) groups is 2. The molecule has 1 spiro atoms. The molecular formula is C27H34N9O4+. The van der Waals surface area contributed by atoms with E-state index >= 15 is 0 Å². The van der Waals surface area contributed by atoms with Crippen molar-refractivity contribution >= 4 is 23.7 Å². The van der Waals surface area contributed by atoms with Crippen LogP contribution in [0.15, 0.2) is 47.7 Å². The smallest absolute Gasteiger partial charge is 0.343 e. The summed E-state index contributed by atoms with van der Waals surface area (Å²) in [5, 5.41) is 20.7. The van der Waals surface area contributed by atoms with Crippen molar-refractivity contribution in [2.24, 2.45) is 16.5 Å². The Morgan fingerprint density at radius 1 is 1.25 bits per heavy atom. The van der Waals surface area contributed by atoms with Gasteiger partial charge in [-0.25, -0.2) is 10.3 Å². The van der Waals surface area contributed by atoms with Gasteiger partial charge < -0.3 is 31.1 Å². The summed E-state index contributed by atoms with van der Waals surface area (Å²) in [6, 6.07) is 7.07. The zero-order valence-electron chi connectivity index (χ0n) is 22.3. The molecule has 1 fully saturated rings. The quantitative estimate of drug-likeness (QED) is 0.205. The lowest BCUT2D eigenvalue weighted by Gasteiger charge is -2.43. The summed E-state index contributed by atoms with van der Waals surface area (Å²) in [6.45, 7) is 5.10. The Labute approximate surface area is 231 Å². The number of nitrogens with two attached hydrogens (primary N) is 2. The molecule has 4 aliphatic rings. The van der Waals surface area contributed by atoms with Crippen LogP contribution in [0.25, 0.3) is 0 Å². The summed E-state index contributed by atoms with van der Waals surface area (Å²) in [5.41, 5.74) is 13.1. The predicted octanol–water partition coefficient (Wildman–Crippen LogP) is -2.89. The molecule has 13 nitrogen and oxygen atoms in total. The number of guanidine groups is 2. The highest BCUT2D eigenvalue weighted by atomic mass is 16.5. The molecule has 13 heteroatoms. The molecule has 2 amide bonds. The van der Waals surface area contributed by atoms with Crippen LogP contribution in [0.1, 0.15) is 46.5 Å². The van der Waals surface area contributed by atoms with Crippen LogP contribution in [0.5, 0.6) is 5.75 Å². The van der Waals surface area contributed by atoms with E-state index in [-0.39, 0.29) is 42.2 Å². The topological polar surface area (TPSA) is 194 Å². The van der Waals surface area contributed by atoms with Crippen LogP contribution < -0.4 is 37.1 Å². The number of hydrogen-bond donors (Lipinski definition) is 7. The second-order valence-electron chi connectivity index (χ2n) is 11.3. The zero-order chi connectivity index (χ0) is 28.2. The number of ether oxygens (including phenoxy) is 1. The number of rotatable bonds is 5. The van der Waals surface area contributed by atoms with E-state index in [1.165, 1.54) is 6.20 Å². The molecule has 0 aliphatic carbocycles. The van der Waals surface area contributed by atoms with Gasteiger partial charge in [0, 0.05) is 31.0 Å². The molecular weight excluding hydrogens is 514 g/mol. The molecule has 4 aliphatic heterocycles. The minimum Gasteiger partial charge on any atom is -0.492 e. The van der Waals surface area contributed by atoms with Crippen LogP contribution >= 0.6 is 0 Å². The standard InChI is InChI=1S/C27H33N9O4/c1-26(2)8-10-40-19-15(6-3-7-16(19)26)23(39)32-18-13-36-25(29)33-17(12-31-22(38)14-5-4-9-30-11-14)20-27(36,21(18)37)35-24(28)34-20/h3-7,9,11,17-18,20-21,37H,8,10,12-13H2,1-2H3,(H2,29,33)(H,31,38)(H,32,39)(H3,28,34,35)/p+1/t17-,18?,20-,21+,27?/m0/s1. The van der Waals surface area contributed by atoms with Crippen molar-refractivity contribution < 1.29 is 24.4 Å². The van der Waals surface area contributed by atoms with Gasteiger partial charge in [0.2, 0.25) is 5.66 Å². The lowest BCUT2D eigenvalue weighted by Crippen LogP contribution is -2.88. The van der Waals surface area contributed by atoms with Gasteiger partial charge >= 0.3 is 5.96 Å². The first kappa shape index (κ1) is 25.9. The van der Waals surface area contributed by atoms with E-state index < -0.39 is 29.9 Å². The highest BCUT2D eigenvalue weighted by molar-refractivity contribution is 5.98. The summed E-state index contributed by atoms with van der Waals surface area (Å²) in [7, 11) is 0. The van der Waals surface area contributed by atoms with E-state index in [4.69, 9.17) is 16.2 Å². The van der Waals surface area contributed by atoms with Gasteiger partial charge in [0.15, 0.2) is 12.0 Å². The summed E-state index contributed by atoms with van der Waals surface area (Å²) in [4.78, 5) is 39.7. The van der Waals surface area contributed by atoms with Gasteiger partial charge in [0.25, 0.3) is 11.8 Å². The molecule has 0 radical (unpaired) electrons. The molecule has 210 valence electrons. The maximum atomic E-state index is 13.5. The van der Waals surface area contributed by atoms with Gasteiger partial charge in [0.1, 0.15) is 17.9 Å². The van der Waals surface area contributed by atoms with Crippen LogP contribution in [0, 0.1) is 0 Å². The number of pyridine rings is 1. The number of aliphatic hydroxyl groups excluding tert-OH is 1. The maximum Gasteiger partial charge on any atom is 0.343 e. The summed E-state index contributed by atoms with van der Waals surface area (Å²) < 4.78 is 5.94.